The summed E-state index contributed by atoms with van der Waals surface area (Å²) in [7, 11) is 0. The number of rotatable bonds is 6. The summed E-state index contributed by atoms with van der Waals surface area (Å²) in [5.74, 6) is 0. The van der Waals surface area contributed by atoms with Crippen molar-refractivity contribution in [3.63, 3.8) is 0 Å². The number of nitrogens with one attached hydrogen (secondary N) is 1. The third-order valence-corrected chi connectivity index (χ3v) is 3.04. The molecule has 0 aliphatic carbocycles. The normalized spacial score (nSPS) is 12.8. The summed E-state index contributed by atoms with van der Waals surface area (Å²) in [5, 5.41) is 15.3. The van der Waals surface area contributed by atoms with E-state index in [-0.39, 0.29) is 6.10 Å². The molecule has 2 aromatic rings. The van der Waals surface area contributed by atoms with Crippen molar-refractivity contribution in [2.45, 2.75) is 32.4 Å². The van der Waals surface area contributed by atoms with Crippen LogP contribution in [0.5, 0.6) is 0 Å². The van der Waals surface area contributed by atoms with Gasteiger partial charge in [0.2, 0.25) is 0 Å². The molecule has 96 valence electrons. The largest absolute Gasteiger partial charge is 0.392 e. The molecule has 1 aromatic heterocycles. The summed E-state index contributed by atoms with van der Waals surface area (Å²) in [6.45, 7) is 3.53. The summed E-state index contributed by atoms with van der Waals surface area (Å²) in [6.07, 6.45) is 5.32. The highest BCUT2D eigenvalue weighted by molar-refractivity contribution is 5.81. The summed E-state index contributed by atoms with van der Waals surface area (Å²) in [5.41, 5.74) is 1.23. The van der Waals surface area contributed by atoms with Crippen LogP contribution in [0.2, 0.25) is 0 Å². The zero-order valence-corrected chi connectivity index (χ0v) is 10.8. The molecule has 0 amide bonds. The molecular weight excluding hydrogens is 224 g/mol. The van der Waals surface area contributed by atoms with Crippen LogP contribution in [0.1, 0.15) is 25.3 Å². The van der Waals surface area contributed by atoms with E-state index in [4.69, 9.17) is 0 Å². The molecule has 3 heteroatoms. The fourth-order valence-corrected chi connectivity index (χ4v) is 2.06. The van der Waals surface area contributed by atoms with E-state index in [9.17, 15) is 5.11 Å². The number of hydrogen-bond donors (Lipinski definition) is 2. The lowest BCUT2D eigenvalue weighted by Gasteiger charge is -2.11. The maximum Gasteiger partial charge on any atom is 0.0664 e. The molecule has 0 saturated carbocycles. The highest BCUT2D eigenvalue weighted by Crippen LogP contribution is 2.14. The van der Waals surface area contributed by atoms with Gasteiger partial charge in [-0.3, -0.25) is 4.98 Å². The summed E-state index contributed by atoms with van der Waals surface area (Å²) in [6, 6.07) is 8.37. The fourth-order valence-electron chi connectivity index (χ4n) is 2.06. The first kappa shape index (κ1) is 13.0. The van der Waals surface area contributed by atoms with Gasteiger partial charge in [0.05, 0.1) is 6.10 Å². The van der Waals surface area contributed by atoms with Gasteiger partial charge in [0.1, 0.15) is 0 Å². The first-order valence-corrected chi connectivity index (χ1v) is 6.51. The molecule has 1 heterocycles. The highest BCUT2D eigenvalue weighted by Gasteiger charge is 2.02. The predicted molar refractivity (Wildman–Crippen MR) is 74.4 cm³/mol. The Morgan fingerprint density at radius 2 is 2.17 bits per heavy atom. The monoisotopic (exact) mass is 244 g/mol. The van der Waals surface area contributed by atoms with Gasteiger partial charge >= 0.3 is 0 Å². The van der Waals surface area contributed by atoms with Crippen molar-refractivity contribution >= 4 is 10.8 Å². The Kier molecular flexibility index (Phi) is 4.67. The van der Waals surface area contributed by atoms with E-state index in [0.717, 1.165) is 24.8 Å². The smallest absolute Gasteiger partial charge is 0.0664 e. The molecule has 0 saturated heterocycles. The van der Waals surface area contributed by atoms with Crippen molar-refractivity contribution < 1.29 is 5.11 Å². The SMILES string of the molecule is CCCC(O)CNCc1ccc2cnccc2c1. The molecule has 18 heavy (non-hydrogen) atoms. The van der Waals surface area contributed by atoms with E-state index in [2.05, 4.69) is 35.4 Å². The summed E-state index contributed by atoms with van der Waals surface area (Å²) >= 11 is 0. The van der Waals surface area contributed by atoms with Crippen LogP contribution >= 0.6 is 0 Å². The molecular formula is C15H20N2O. The van der Waals surface area contributed by atoms with Crippen LogP contribution in [0.25, 0.3) is 10.8 Å². The standard InChI is InChI=1S/C15H20N2O/c1-2-3-15(18)11-17-9-12-4-5-14-10-16-7-6-13(14)8-12/h4-8,10,15,17-18H,2-3,9,11H2,1H3. The molecule has 1 aromatic carbocycles. The average Bonchev–Trinajstić information content (AvgIpc) is 2.39. The van der Waals surface area contributed by atoms with Gasteiger partial charge in [-0.05, 0) is 29.5 Å². The van der Waals surface area contributed by atoms with Crippen LogP contribution in [0.3, 0.4) is 0 Å². The van der Waals surface area contributed by atoms with Crippen molar-refractivity contribution in [3.8, 4) is 0 Å². The van der Waals surface area contributed by atoms with Crippen LogP contribution in [-0.4, -0.2) is 22.7 Å². The van der Waals surface area contributed by atoms with E-state index in [0.29, 0.717) is 6.54 Å². The minimum atomic E-state index is -0.236. The van der Waals surface area contributed by atoms with Crippen LogP contribution in [0.15, 0.2) is 36.7 Å². The molecule has 0 fully saturated rings. The summed E-state index contributed by atoms with van der Waals surface area (Å²) < 4.78 is 0. The zero-order chi connectivity index (χ0) is 12.8. The predicted octanol–water partition coefficient (Wildman–Crippen LogP) is 2.49. The number of fused-ring (bicyclic) bond motifs is 1. The first-order valence-electron chi connectivity index (χ1n) is 6.51. The van der Waals surface area contributed by atoms with Gasteiger partial charge < -0.3 is 10.4 Å². The average molecular weight is 244 g/mol. The van der Waals surface area contributed by atoms with Gasteiger partial charge in [-0.1, -0.05) is 25.5 Å². The third kappa shape index (κ3) is 3.52. The van der Waals surface area contributed by atoms with Gasteiger partial charge in [0, 0.05) is 30.9 Å². The number of benzene rings is 1. The van der Waals surface area contributed by atoms with Gasteiger partial charge in [0.15, 0.2) is 0 Å². The Morgan fingerprint density at radius 1 is 1.28 bits per heavy atom. The van der Waals surface area contributed by atoms with E-state index in [1.807, 2.05) is 18.5 Å². The minimum Gasteiger partial charge on any atom is -0.392 e. The number of hydrogen-bond acceptors (Lipinski definition) is 3. The van der Waals surface area contributed by atoms with Crippen molar-refractivity contribution in [2.24, 2.45) is 0 Å². The Hall–Kier alpha value is -1.45. The van der Waals surface area contributed by atoms with Crippen LogP contribution in [0, 0.1) is 0 Å². The quantitative estimate of drug-likeness (QED) is 0.820. The van der Waals surface area contributed by atoms with E-state index in [1.165, 1.54) is 10.9 Å². The molecule has 2 N–H and O–H groups in total. The van der Waals surface area contributed by atoms with E-state index in [1.54, 1.807) is 0 Å². The van der Waals surface area contributed by atoms with Gasteiger partial charge in [0.25, 0.3) is 0 Å². The van der Waals surface area contributed by atoms with Crippen molar-refractivity contribution in [1.82, 2.24) is 10.3 Å². The third-order valence-electron chi connectivity index (χ3n) is 3.04. The van der Waals surface area contributed by atoms with Crippen LogP contribution < -0.4 is 5.32 Å². The maximum atomic E-state index is 9.63. The lowest BCUT2D eigenvalue weighted by Crippen LogP contribution is -2.26. The number of aliphatic hydroxyl groups excluding tert-OH is 1. The molecule has 0 spiro atoms. The molecule has 1 unspecified atom stereocenters. The topological polar surface area (TPSA) is 45.1 Å². The Balaban J connectivity index is 1.91. The second-order valence-electron chi connectivity index (χ2n) is 4.63. The lowest BCUT2D eigenvalue weighted by atomic mass is 10.1. The minimum absolute atomic E-state index is 0.236. The molecule has 0 bridgehead atoms. The molecule has 0 radical (unpaired) electrons. The molecule has 3 nitrogen and oxygen atoms in total. The van der Waals surface area contributed by atoms with Gasteiger partial charge in [-0.25, -0.2) is 0 Å². The highest BCUT2D eigenvalue weighted by atomic mass is 16.3. The Bertz CT molecular complexity index is 499. The van der Waals surface area contributed by atoms with Crippen molar-refractivity contribution in [2.75, 3.05) is 6.54 Å². The van der Waals surface area contributed by atoms with Gasteiger partial charge in [-0.15, -0.1) is 0 Å². The number of aromatic nitrogens is 1. The molecule has 1 atom stereocenters. The van der Waals surface area contributed by atoms with Crippen molar-refractivity contribution in [1.29, 1.82) is 0 Å². The number of pyridine rings is 1. The lowest BCUT2D eigenvalue weighted by molar-refractivity contribution is 0.160. The van der Waals surface area contributed by atoms with E-state index >= 15 is 0 Å². The Labute approximate surface area is 108 Å². The molecule has 2 rings (SSSR count). The van der Waals surface area contributed by atoms with Crippen LogP contribution in [-0.2, 0) is 6.54 Å². The van der Waals surface area contributed by atoms with E-state index < -0.39 is 0 Å². The second kappa shape index (κ2) is 6.47. The zero-order valence-electron chi connectivity index (χ0n) is 10.8. The van der Waals surface area contributed by atoms with Crippen LogP contribution in [0.4, 0.5) is 0 Å². The summed E-state index contributed by atoms with van der Waals surface area (Å²) in [4.78, 5) is 4.10. The fraction of sp³-hybridized carbons (Fsp3) is 0.400. The molecule has 0 aliphatic heterocycles. The van der Waals surface area contributed by atoms with Crippen molar-refractivity contribution in [3.05, 3.63) is 42.2 Å². The maximum absolute atomic E-state index is 9.63. The van der Waals surface area contributed by atoms with Gasteiger partial charge in [-0.2, -0.15) is 0 Å². The second-order valence-corrected chi connectivity index (χ2v) is 4.63. The molecule has 0 aliphatic rings. The number of aliphatic hydroxyl groups is 1. The number of nitrogens with zero attached hydrogens (tertiary/aromatic N) is 1. The Morgan fingerprint density at radius 3 is 3.00 bits per heavy atom. The first-order chi connectivity index (χ1) is 8.79.